The number of rotatable bonds is 4. The fraction of sp³-hybridized carbons (Fsp3) is 0.435. The third kappa shape index (κ3) is 3.99. The van der Waals surface area contributed by atoms with Crippen LogP contribution in [-0.4, -0.2) is 56.1 Å². The van der Waals surface area contributed by atoms with Crippen LogP contribution in [0.25, 0.3) is 0 Å². The van der Waals surface area contributed by atoms with Gasteiger partial charge in [0.25, 0.3) is 11.8 Å². The minimum absolute atomic E-state index is 0.0432. The van der Waals surface area contributed by atoms with Crippen LogP contribution in [0.1, 0.15) is 53.6 Å². The number of pyridine rings is 1. The zero-order valence-electron chi connectivity index (χ0n) is 18.6. The van der Waals surface area contributed by atoms with Gasteiger partial charge in [0.05, 0.1) is 6.54 Å². The van der Waals surface area contributed by atoms with Crippen molar-refractivity contribution in [2.24, 2.45) is 0 Å². The fourth-order valence-electron chi connectivity index (χ4n) is 4.62. The Kier molecular flexibility index (Phi) is 5.96. The minimum Gasteiger partial charge on any atom is -0.503 e. The largest absolute Gasteiger partial charge is 0.503 e. The number of aromatic hydroxyl groups is 1. The maximum Gasteiger partial charge on any atom is 0.276 e. The van der Waals surface area contributed by atoms with Gasteiger partial charge in [-0.1, -0.05) is 6.07 Å². The average Bonchev–Trinajstić information content (AvgIpc) is 2.75. The van der Waals surface area contributed by atoms with Crippen LogP contribution < -0.4 is 10.7 Å². The van der Waals surface area contributed by atoms with Crippen LogP contribution in [0.2, 0.25) is 0 Å². The molecule has 2 amide bonds. The molecule has 176 valence electrons. The molecule has 3 heterocycles. The van der Waals surface area contributed by atoms with Gasteiger partial charge in [0.15, 0.2) is 11.4 Å². The zero-order chi connectivity index (χ0) is 24.0. The molecule has 0 bridgehead atoms. The molecule has 1 aromatic carbocycles. The smallest absolute Gasteiger partial charge is 0.276 e. The number of nitrogens with one attached hydrogen (secondary N) is 1. The zero-order valence-corrected chi connectivity index (χ0v) is 18.6. The molecule has 8 nitrogen and oxygen atoms in total. The van der Waals surface area contributed by atoms with Gasteiger partial charge in [0, 0.05) is 43.0 Å². The summed E-state index contributed by atoms with van der Waals surface area (Å²) >= 11 is 0. The molecule has 1 aromatic heterocycles. The van der Waals surface area contributed by atoms with Crippen molar-refractivity contribution >= 4 is 11.8 Å². The van der Waals surface area contributed by atoms with Gasteiger partial charge < -0.3 is 19.9 Å². The summed E-state index contributed by atoms with van der Waals surface area (Å²) in [6.45, 7) is 6.80. The van der Waals surface area contributed by atoms with E-state index >= 15 is 0 Å². The molecule has 2 atom stereocenters. The molecule has 1 fully saturated rings. The lowest BCUT2D eigenvalue weighted by Gasteiger charge is -2.51. The van der Waals surface area contributed by atoms with Crippen molar-refractivity contribution in [2.45, 2.75) is 58.5 Å². The van der Waals surface area contributed by atoms with Gasteiger partial charge in [-0.25, -0.2) is 8.78 Å². The highest BCUT2D eigenvalue weighted by molar-refractivity contribution is 5.99. The van der Waals surface area contributed by atoms with Crippen LogP contribution >= 0.6 is 0 Å². The second kappa shape index (κ2) is 8.58. The molecule has 2 aromatic rings. The van der Waals surface area contributed by atoms with Gasteiger partial charge in [0.2, 0.25) is 5.43 Å². The molecule has 1 saturated heterocycles. The lowest BCUT2D eigenvalue weighted by Crippen LogP contribution is -2.65. The molecule has 33 heavy (non-hydrogen) atoms. The van der Waals surface area contributed by atoms with E-state index in [1.165, 1.54) is 16.8 Å². The van der Waals surface area contributed by atoms with E-state index in [-0.39, 0.29) is 48.2 Å². The van der Waals surface area contributed by atoms with Crippen molar-refractivity contribution in [3.63, 3.8) is 0 Å². The van der Waals surface area contributed by atoms with E-state index < -0.39 is 34.6 Å². The summed E-state index contributed by atoms with van der Waals surface area (Å²) in [5, 5.41) is 13.0. The molecule has 2 N–H and O–H groups in total. The molecule has 0 saturated carbocycles. The van der Waals surface area contributed by atoms with Crippen LogP contribution in [0.5, 0.6) is 5.75 Å². The first kappa shape index (κ1) is 22.9. The first-order chi connectivity index (χ1) is 15.6. The second-order valence-electron chi connectivity index (χ2n) is 8.80. The SMILES string of the molecule is CC(C)N1CC[C@H](C)N2C(=O)c3c(O)c(=O)c(C(=O)NCc4ccc(F)cc4F)cn3CC12. The minimum atomic E-state index is -0.976. The molecule has 10 heteroatoms. The predicted octanol–water partition coefficient (Wildman–Crippen LogP) is 2.05. The van der Waals surface area contributed by atoms with Gasteiger partial charge >= 0.3 is 0 Å². The van der Waals surface area contributed by atoms with Gasteiger partial charge in [-0.2, -0.15) is 0 Å². The van der Waals surface area contributed by atoms with Crippen LogP contribution in [-0.2, 0) is 13.1 Å². The predicted molar refractivity (Wildman–Crippen MR) is 116 cm³/mol. The van der Waals surface area contributed by atoms with Crippen LogP contribution in [0.4, 0.5) is 8.78 Å². The molecular formula is C23H26F2N4O4. The molecule has 0 radical (unpaired) electrons. The Labute approximate surface area is 189 Å². The van der Waals surface area contributed by atoms with E-state index in [0.29, 0.717) is 6.07 Å². The summed E-state index contributed by atoms with van der Waals surface area (Å²) in [7, 11) is 0. The van der Waals surface area contributed by atoms with Crippen LogP contribution in [0.15, 0.2) is 29.2 Å². The fourth-order valence-corrected chi connectivity index (χ4v) is 4.62. The van der Waals surface area contributed by atoms with Gasteiger partial charge in [-0.15, -0.1) is 0 Å². The normalized spacial score (nSPS) is 20.5. The lowest BCUT2D eigenvalue weighted by molar-refractivity contribution is -0.0454. The number of carbonyl (C=O) groups is 2. The number of hydrogen-bond acceptors (Lipinski definition) is 5. The lowest BCUT2D eigenvalue weighted by atomic mass is 10.0. The summed E-state index contributed by atoms with van der Waals surface area (Å²) in [4.78, 5) is 42.6. The van der Waals surface area contributed by atoms with E-state index in [1.807, 2.05) is 20.8 Å². The number of carbonyl (C=O) groups excluding carboxylic acids is 2. The van der Waals surface area contributed by atoms with Crippen molar-refractivity contribution in [3.8, 4) is 5.75 Å². The highest BCUT2D eigenvalue weighted by atomic mass is 19.1. The summed E-state index contributed by atoms with van der Waals surface area (Å²) < 4.78 is 28.4. The molecule has 4 rings (SSSR count). The maximum absolute atomic E-state index is 13.9. The summed E-state index contributed by atoms with van der Waals surface area (Å²) in [5.41, 5.74) is -1.44. The van der Waals surface area contributed by atoms with Crippen molar-refractivity contribution in [1.29, 1.82) is 0 Å². The first-order valence-electron chi connectivity index (χ1n) is 10.9. The quantitative estimate of drug-likeness (QED) is 0.728. The number of fused-ring (bicyclic) bond motifs is 2. The standard InChI is InChI=1S/C23H26F2N4O4/c1-12(2)28-7-6-13(3)29-18(28)11-27-10-16(20(30)21(31)19(27)23(29)33)22(32)26-9-14-4-5-15(24)8-17(14)25/h4-5,8,10,12-13,18,31H,6-7,9,11H2,1-3H3,(H,26,32)/t13-,18?/m0/s1. The van der Waals surface area contributed by atoms with E-state index in [4.69, 9.17) is 0 Å². The molecular weight excluding hydrogens is 434 g/mol. The van der Waals surface area contributed by atoms with Crippen molar-refractivity contribution in [2.75, 3.05) is 6.54 Å². The molecule has 0 spiro atoms. The highest BCUT2D eigenvalue weighted by Gasteiger charge is 2.44. The van der Waals surface area contributed by atoms with Gasteiger partial charge in [0.1, 0.15) is 23.4 Å². The van der Waals surface area contributed by atoms with Crippen LogP contribution in [0.3, 0.4) is 0 Å². The molecule has 2 aliphatic heterocycles. The first-order valence-corrected chi connectivity index (χ1v) is 10.9. The Morgan fingerprint density at radius 1 is 1.27 bits per heavy atom. The number of amides is 2. The summed E-state index contributed by atoms with van der Waals surface area (Å²) in [5.74, 6) is -3.65. The number of hydrogen-bond donors (Lipinski definition) is 2. The van der Waals surface area contributed by atoms with Crippen LogP contribution in [0, 0.1) is 11.6 Å². The monoisotopic (exact) mass is 460 g/mol. The molecule has 1 unspecified atom stereocenters. The second-order valence-corrected chi connectivity index (χ2v) is 8.80. The van der Waals surface area contributed by atoms with Gasteiger partial charge in [-0.3, -0.25) is 19.3 Å². The Balaban J connectivity index is 1.66. The molecule has 2 aliphatic rings. The van der Waals surface area contributed by atoms with Crippen molar-refractivity contribution in [1.82, 2.24) is 19.7 Å². The average molecular weight is 460 g/mol. The van der Waals surface area contributed by atoms with Crippen molar-refractivity contribution in [3.05, 3.63) is 63.1 Å². The topological polar surface area (TPSA) is 94.9 Å². The Hall–Kier alpha value is -3.27. The molecule has 0 aliphatic carbocycles. The van der Waals surface area contributed by atoms with E-state index in [9.17, 15) is 28.3 Å². The number of aromatic nitrogens is 1. The van der Waals surface area contributed by atoms with E-state index in [1.54, 1.807) is 4.90 Å². The Morgan fingerprint density at radius 2 is 2.00 bits per heavy atom. The third-order valence-electron chi connectivity index (χ3n) is 6.40. The summed E-state index contributed by atoms with van der Waals surface area (Å²) in [6, 6.07) is 3.06. The highest BCUT2D eigenvalue weighted by Crippen LogP contribution is 2.31. The Bertz CT molecular complexity index is 1180. The summed E-state index contributed by atoms with van der Waals surface area (Å²) in [6.07, 6.45) is 1.76. The number of nitrogens with zero attached hydrogens (tertiary/aromatic N) is 3. The van der Waals surface area contributed by atoms with E-state index in [0.717, 1.165) is 19.0 Å². The number of halogens is 2. The third-order valence-corrected chi connectivity index (χ3v) is 6.40. The Morgan fingerprint density at radius 3 is 2.67 bits per heavy atom. The number of benzene rings is 1. The van der Waals surface area contributed by atoms with Gasteiger partial charge in [-0.05, 0) is 33.3 Å². The van der Waals surface area contributed by atoms with E-state index in [2.05, 4.69) is 10.2 Å². The van der Waals surface area contributed by atoms with Crippen molar-refractivity contribution < 1.29 is 23.5 Å². The maximum atomic E-state index is 13.9.